The average Bonchev–Trinajstić information content (AvgIpc) is 2.59. The van der Waals surface area contributed by atoms with E-state index in [4.69, 9.17) is 5.73 Å². The Morgan fingerprint density at radius 3 is 2.31 bits per heavy atom. The fourth-order valence-corrected chi connectivity index (χ4v) is 2.04. The third-order valence-corrected chi connectivity index (χ3v) is 2.82. The maximum atomic E-state index is 13.3. The van der Waals surface area contributed by atoms with Crippen molar-refractivity contribution in [2.45, 2.75) is 19.0 Å². The van der Waals surface area contributed by atoms with Gasteiger partial charge in [0, 0.05) is 6.54 Å². The van der Waals surface area contributed by atoms with E-state index in [1.807, 2.05) is 12.1 Å². The Morgan fingerprint density at radius 1 is 1.31 bits per heavy atom. The lowest BCUT2D eigenvalue weighted by Crippen LogP contribution is -2.25. The minimum Gasteiger partial charge on any atom is -0.328 e. The Hall–Kier alpha value is -0.890. The van der Waals surface area contributed by atoms with Crippen molar-refractivity contribution in [3.05, 3.63) is 35.4 Å². The van der Waals surface area contributed by atoms with Crippen molar-refractivity contribution < 1.29 is 4.39 Å². The van der Waals surface area contributed by atoms with Crippen LogP contribution in [0.2, 0.25) is 0 Å². The molecule has 2 heteroatoms. The van der Waals surface area contributed by atoms with Gasteiger partial charge >= 0.3 is 0 Å². The summed E-state index contributed by atoms with van der Waals surface area (Å²) in [5.74, 6) is 0.113. The molecule has 1 nitrogen and oxygen atoms in total. The van der Waals surface area contributed by atoms with Crippen LogP contribution in [-0.2, 0) is 12.8 Å². The number of halogens is 1. The second kappa shape index (κ2) is 3.46. The first-order valence-electron chi connectivity index (χ1n) is 4.72. The van der Waals surface area contributed by atoms with Gasteiger partial charge in [-0.25, -0.2) is 4.39 Å². The molecule has 0 bridgehead atoms. The smallest absolute Gasteiger partial charge is 0.116 e. The summed E-state index contributed by atoms with van der Waals surface area (Å²) in [5, 5.41) is 0. The molecule has 2 N–H and O–H groups in total. The molecule has 0 spiro atoms. The fourth-order valence-electron chi connectivity index (χ4n) is 2.04. The van der Waals surface area contributed by atoms with E-state index >= 15 is 0 Å². The Balaban J connectivity index is 2.14. The molecule has 1 aliphatic rings. The molecule has 0 fully saturated rings. The average molecular weight is 179 g/mol. The standard InChI is InChI=1S/C11H14FN/c12-11(7-13)10-5-8-3-1-2-4-9(8)6-10/h1-4,10-11H,5-7,13H2. The molecule has 0 radical (unpaired) electrons. The van der Waals surface area contributed by atoms with Crippen molar-refractivity contribution in [1.29, 1.82) is 0 Å². The molecule has 0 aliphatic heterocycles. The predicted molar refractivity (Wildman–Crippen MR) is 51.3 cm³/mol. The summed E-state index contributed by atoms with van der Waals surface area (Å²) in [4.78, 5) is 0. The van der Waals surface area contributed by atoms with Crippen LogP contribution in [0.1, 0.15) is 11.1 Å². The van der Waals surface area contributed by atoms with Crippen LogP contribution in [-0.4, -0.2) is 12.7 Å². The molecule has 1 aromatic carbocycles. The molecule has 0 heterocycles. The number of hydrogen-bond donors (Lipinski definition) is 1. The van der Waals surface area contributed by atoms with E-state index in [1.54, 1.807) is 0 Å². The van der Waals surface area contributed by atoms with Crippen molar-refractivity contribution in [3.8, 4) is 0 Å². The lowest BCUT2D eigenvalue weighted by molar-refractivity contribution is 0.241. The largest absolute Gasteiger partial charge is 0.328 e. The molecular weight excluding hydrogens is 165 g/mol. The minimum absolute atomic E-state index is 0.113. The molecule has 0 aromatic heterocycles. The summed E-state index contributed by atoms with van der Waals surface area (Å²) in [6.45, 7) is 0.151. The van der Waals surface area contributed by atoms with Crippen LogP contribution in [0.4, 0.5) is 4.39 Å². The summed E-state index contributed by atoms with van der Waals surface area (Å²) < 4.78 is 13.3. The highest BCUT2D eigenvalue weighted by atomic mass is 19.1. The van der Waals surface area contributed by atoms with E-state index in [0.717, 1.165) is 12.8 Å². The van der Waals surface area contributed by atoms with E-state index in [0.29, 0.717) is 0 Å². The van der Waals surface area contributed by atoms with Gasteiger partial charge in [0.15, 0.2) is 0 Å². The molecule has 1 aliphatic carbocycles. The third-order valence-electron chi connectivity index (χ3n) is 2.82. The maximum Gasteiger partial charge on any atom is 0.116 e. The van der Waals surface area contributed by atoms with E-state index < -0.39 is 6.17 Å². The van der Waals surface area contributed by atoms with Crippen molar-refractivity contribution in [2.24, 2.45) is 11.7 Å². The molecule has 0 amide bonds. The molecule has 2 rings (SSSR count). The summed E-state index contributed by atoms with van der Waals surface area (Å²) >= 11 is 0. The van der Waals surface area contributed by atoms with Gasteiger partial charge in [-0.15, -0.1) is 0 Å². The highest BCUT2D eigenvalue weighted by molar-refractivity contribution is 5.32. The van der Waals surface area contributed by atoms with Gasteiger partial charge in [0.05, 0.1) is 0 Å². The molecule has 0 saturated heterocycles. The number of hydrogen-bond acceptors (Lipinski definition) is 1. The van der Waals surface area contributed by atoms with Crippen LogP contribution in [0.3, 0.4) is 0 Å². The Morgan fingerprint density at radius 2 is 1.85 bits per heavy atom. The number of nitrogens with two attached hydrogens (primary N) is 1. The zero-order chi connectivity index (χ0) is 9.26. The van der Waals surface area contributed by atoms with Crippen molar-refractivity contribution in [1.82, 2.24) is 0 Å². The number of fused-ring (bicyclic) bond motifs is 1. The van der Waals surface area contributed by atoms with Crippen LogP contribution in [0.5, 0.6) is 0 Å². The first-order valence-corrected chi connectivity index (χ1v) is 4.72. The molecule has 13 heavy (non-hydrogen) atoms. The summed E-state index contributed by atoms with van der Waals surface area (Å²) in [6, 6.07) is 8.19. The number of alkyl halides is 1. The summed E-state index contributed by atoms with van der Waals surface area (Å²) in [7, 11) is 0. The number of rotatable bonds is 2. The predicted octanol–water partition coefficient (Wildman–Crippen LogP) is 1.70. The maximum absolute atomic E-state index is 13.3. The second-order valence-corrected chi connectivity index (χ2v) is 3.69. The lowest BCUT2D eigenvalue weighted by Gasteiger charge is -2.12. The highest BCUT2D eigenvalue weighted by Gasteiger charge is 2.27. The normalized spacial score (nSPS) is 18.6. The molecular formula is C11H14FN. The molecule has 1 atom stereocenters. The zero-order valence-corrected chi connectivity index (χ0v) is 7.54. The molecule has 1 aromatic rings. The van der Waals surface area contributed by atoms with Gasteiger partial charge in [0.1, 0.15) is 6.17 Å². The van der Waals surface area contributed by atoms with Crippen molar-refractivity contribution in [2.75, 3.05) is 6.54 Å². The van der Waals surface area contributed by atoms with Gasteiger partial charge in [-0.1, -0.05) is 24.3 Å². The summed E-state index contributed by atoms with van der Waals surface area (Å²) in [5.41, 5.74) is 7.90. The Bertz CT molecular complexity index is 273. The van der Waals surface area contributed by atoms with Crippen LogP contribution < -0.4 is 5.73 Å². The topological polar surface area (TPSA) is 26.0 Å². The molecule has 0 saturated carbocycles. The van der Waals surface area contributed by atoms with Crippen molar-refractivity contribution in [3.63, 3.8) is 0 Å². The Kier molecular flexibility index (Phi) is 2.32. The first kappa shape index (κ1) is 8.70. The first-order chi connectivity index (χ1) is 6.31. The monoisotopic (exact) mass is 179 g/mol. The van der Waals surface area contributed by atoms with Gasteiger partial charge in [0.2, 0.25) is 0 Å². The lowest BCUT2D eigenvalue weighted by atomic mass is 10.0. The SMILES string of the molecule is NCC(F)C1Cc2ccccc2C1. The summed E-state index contributed by atoms with van der Waals surface area (Å²) in [6.07, 6.45) is 0.871. The fraction of sp³-hybridized carbons (Fsp3) is 0.455. The van der Waals surface area contributed by atoms with Gasteiger partial charge in [-0.3, -0.25) is 0 Å². The van der Waals surface area contributed by atoms with Crippen LogP contribution >= 0.6 is 0 Å². The molecule has 1 unspecified atom stereocenters. The minimum atomic E-state index is -0.840. The van der Waals surface area contributed by atoms with Crippen LogP contribution in [0, 0.1) is 5.92 Å². The van der Waals surface area contributed by atoms with E-state index in [1.165, 1.54) is 11.1 Å². The van der Waals surface area contributed by atoms with Gasteiger partial charge in [-0.2, -0.15) is 0 Å². The second-order valence-electron chi connectivity index (χ2n) is 3.69. The van der Waals surface area contributed by atoms with E-state index in [-0.39, 0.29) is 12.5 Å². The Labute approximate surface area is 77.8 Å². The zero-order valence-electron chi connectivity index (χ0n) is 7.54. The quantitative estimate of drug-likeness (QED) is 0.734. The highest BCUT2D eigenvalue weighted by Crippen LogP contribution is 2.29. The van der Waals surface area contributed by atoms with Gasteiger partial charge in [-0.05, 0) is 29.9 Å². The van der Waals surface area contributed by atoms with Crippen molar-refractivity contribution >= 4 is 0 Å². The van der Waals surface area contributed by atoms with Gasteiger partial charge < -0.3 is 5.73 Å². The van der Waals surface area contributed by atoms with Crippen LogP contribution in [0.25, 0.3) is 0 Å². The van der Waals surface area contributed by atoms with E-state index in [2.05, 4.69) is 12.1 Å². The van der Waals surface area contributed by atoms with E-state index in [9.17, 15) is 4.39 Å². The van der Waals surface area contributed by atoms with Gasteiger partial charge in [0.25, 0.3) is 0 Å². The van der Waals surface area contributed by atoms with Crippen LogP contribution in [0.15, 0.2) is 24.3 Å². The number of benzene rings is 1. The molecule has 70 valence electrons. The third kappa shape index (κ3) is 1.59.